The number of amides is 2. The van der Waals surface area contributed by atoms with Gasteiger partial charge >= 0.3 is 0 Å². The first-order chi connectivity index (χ1) is 14.3. The van der Waals surface area contributed by atoms with E-state index in [9.17, 15) is 18.0 Å². The van der Waals surface area contributed by atoms with E-state index >= 15 is 0 Å². The number of hydrogen-bond donors (Lipinski definition) is 2. The van der Waals surface area contributed by atoms with Gasteiger partial charge < -0.3 is 15.4 Å². The summed E-state index contributed by atoms with van der Waals surface area (Å²) in [5.74, 6) is -0.851. The van der Waals surface area contributed by atoms with E-state index in [1.165, 1.54) is 38.4 Å². The maximum Gasteiger partial charge on any atom is 0.251 e. The van der Waals surface area contributed by atoms with Gasteiger partial charge in [0.25, 0.3) is 5.91 Å². The Morgan fingerprint density at radius 2 is 1.73 bits per heavy atom. The molecule has 0 heterocycles. The third kappa shape index (κ3) is 7.25. The summed E-state index contributed by atoms with van der Waals surface area (Å²) in [6.45, 7) is 1.26. The van der Waals surface area contributed by atoms with Crippen LogP contribution in [-0.2, 0) is 26.2 Å². The summed E-state index contributed by atoms with van der Waals surface area (Å²) in [6, 6.07) is 15.5. The highest BCUT2D eigenvalue weighted by molar-refractivity contribution is 7.89. The van der Waals surface area contributed by atoms with Gasteiger partial charge in [0.2, 0.25) is 15.9 Å². The molecule has 0 saturated heterocycles. The van der Waals surface area contributed by atoms with Crippen molar-refractivity contribution in [1.82, 2.24) is 14.9 Å². The minimum atomic E-state index is -3.64. The van der Waals surface area contributed by atoms with Crippen LogP contribution in [0.1, 0.15) is 22.3 Å². The van der Waals surface area contributed by atoms with Gasteiger partial charge in [0.05, 0.1) is 18.0 Å². The molecule has 162 valence electrons. The molecule has 0 saturated carbocycles. The van der Waals surface area contributed by atoms with Crippen LogP contribution < -0.4 is 10.6 Å². The summed E-state index contributed by atoms with van der Waals surface area (Å²) in [4.78, 5) is 24.1. The summed E-state index contributed by atoms with van der Waals surface area (Å²) < 4.78 is 30.9. The molecule has 9 heteroatoms. The van der Waals surface area contributed by atoms with Gasteiger partial charge in [-0.15, -0.1) is 0 Å². The van der Waals surface area contributed by atoms with Crippen LogP contribution in [0.15, 0.2) is 59.5 Å². The first kappa shape index (κ1) is 23.5. The summed E-state index contributed by atoms with van der Waals surface area (Å²) in [5, 5.41) is 5.19. The number of hydrogen-bond acceptors (Lipinski definition) is 5. The average Bonchev–Trinajstić information content (AvgIpc) is 2.75. The van der Waals surface area contributed by atoms with E-state index in [2.05, 4.69) is 10.6 Å². The van der Waals surface area contributed by atoms with Crippen LogP contribution in [0.3, 0.4) is 0 Å². The Morgan fingerprint density at radius 3 is 2.43 bits per heavy atom. The largest absolute Gasteiger partial charge is 0.377 e. The number of carbonyl (C=O) groups is 2. The Hall–Kier alpha value is -2.75. The number of sulfonamides is 1. The number of rotatable bonds is 11. The van der Waals surface area contributed by atoms with Crippen LogP contribution in [-0.4, -0.2) is 58.3 Å². The van der Waals surface area contributed by atoms with E-state index in [4.69, 9.17) is 4.74 Å². The van der Waals surface area contributed by atoms with Crippen LogP contribution in [0.25, 0.3) is 0 Å². The lowest BCUT2D eigenvalue weighted by molar-refractivity contribution is -0.120. The predicted molar refractivity (Wildman–Crippen MR) is 113 cm³/mol. The van der Waals surface area contributed by atoms with Crippen molar-refractivity contribution in [2.75, 3.05) is 33.8 Å². The topological polar surface area (TPSA) is 105 Å². The molecule has 2 aromatic rings. The highest BCUT2D eigenvalue weighted by atomic mass is 32.2. The van der Waals surface area contributed by atoms with E-state index in [0.717, 1.165) is 9.87 Å². The fourth-order valence-electron chi connectivity index (χ4n) is 2.50. The lowest BCUT2D eigenvalue weighted by Crippen LogP contribution is -2.37. The molecular weight excluding hydrogens is 406 g/mol. The van der Waals surface area contributed by atoms with Crippen molar-refractivity contribution in [2.24, 2.45) is 0 Å². The third-order valence-corrected chi connectivity index (χ3v) is 5.99. The molecule has 0 aliphatic heterocycles. The van der Waals surface area contributed by atoms with Gasteiger partial charge in [0.1, 0.15) is 0 Å². The van der Waals surface area contributed by atoms with Gasteiger partial charge in [-0.1, -0.05) is 36.4 Å². The zero-order valence-corrected chi connectivity index (χ0v) is 17.9. The molecule has 0 radical (unpaired) electrons. The van der Waals surface area contributed by atoms with Crippen LogP contribution in [0.5, 0.6) is 0 Å². The normalized spacial score (nSPS) is 11.3. The van der Waals surface area contributed by atoms with Crippen LogP contribution >= 0.6 is 0 Å². The number of nitrogens with one attached hydrogen (secondary N) is 2. The van der Waals surface area contributed by atoms with E-state index in [1.54, 1.807) is 0 Å². The lowest BCUT2D eigenvalue weighted by Gasteiger charge is -2.12. The highest BCUT2D eigenvalue weighted by Crippen LogP contribution is 2.14. The molecule has 2 amide bonds. The molecule has 0 aliphatic carbocycles. The Bertz CT molecular complexity index is 946. The Kier molecular flexibility index (Phi) is 8.97. The maximum atomic E-state index is 12.2. The standard InChI is InChI=1S/C21H27N3O5S/c1-24(2)30(27,28)19-11-6-10-18(14-19)21(26)23-15-20(25)22-12-7-13-29-16-17-8-4-3-5-9-17/h3-6,8-11,14H,7,12-13,15-16H2,1-2H3,(H,22,25)(H,23,26). The number of ether oxygens (including phenoxy) is 1. The van der Waals surface area contributed by atoms with Gasteiger partial charge in [0, 0.05) is 32.8 Å². The minimum Gasteiger partial charge on any atom is -0.377 e. The molecule has 2 aromatic carbocycles. The SMILES string of the molecule is CN(C)S(=O)(=O)c1cccc(C(=O)NCC(=O)NCCCOCc2ccccc2)c1. The van der Waals surface area contributed by atoms with Crippen molar-refractivity contribution < 1.29 is 22.7 Å². The second-order valence-electron chi connectivity index (χ2n) is 6.74. The summed E-state index contributed by atoms with van der Waals surface area (Å²) in [5.41, 5.74) is 1.26. The van der Waals surface area contributed by atoms with E-state index < -0.39 is 15.9 Å². The summed E-state index contributed by atoms with van der Waals surface area (Å²) in [6.07, 6.45) is 0.650. The molecule has 30 heavy (non-hydrogen) atoms. The summed E-state index contributed by atoms with van der Waals surface area (Å²) in [7, 11) is -0.808. The van der Waals surface area contributed by atoms with Crippen LogP contribution in [0.4, 0.5) is 0 Å². The fraction of sp³-hybridized carbons (Fsp3) is 0.333. The Balaban J connectivity index is 1.69. The first-order valence-corrected chi connectivity index (χ1v) is 10.9. The highest BCUT2D eigenvalue weighted by Gasteiger charge is 2.18. The monoisotopic (exact) mass is 433 g/mol. The van der Waals surface area contributed by atoms with Gasteiger partial charge in [-0.05, 0) is 30.2 Å². The van der Waals surface area contributed by atoms with Gasteiger partial charge in [0.15, 0.2) is 0 Å². The van der Waals surface area contributed by atoms with Crippen molar-refractivity contribution in [3.63, 3.8) is 0 Å². The molecule has 0 atom stereocenters. The Labute approximate surface area is 177 Å². The third-order valence-electron chi connectivity index (χ3n) is 4.18. The maximum absolute atomic E-state index is 12.2. The molecule has 0 aliphatic rings. The van der Waals surface area contributed by atoms with Crippen molar-refractivity contribution in [3.05, 3.63) is 65.7 Å². The zero-order valence-electron chi connectivity index (χ0n) is 17.1. The van der Waals surface area contributed by atoms with Crippen molar-refractivity contribution in [1.29, 1.82) is 0 Å². The summed E-state index contributed by atoms with van der Waals surface area (Å²) >= 11 is 0. The average molecular weight is 434 g/mol. The lowest BCUT2D eigenvalue weighted by atomic mass is 10.2. The first-order valence-electron chi connectivity index (χ1n) is 9.50. The molecule has 0 bridgehead atoms. The molecule has 2 rings (SSSR count). The Morgan fingerprint density at radius 1 is 1.00 bits per heavy atom. The van der Waals surface area contributed by atoms with Crippen LogP contribution in [0.2, 0.25) is 0 Å². The molecular formula is C21H27N3O5S. The van der Waals surface area contributed by atoms with Gasteiger partial charge in [-0.25, -0.2) is 12.7 Å². The van der Waals surface area contributed by atoms with Crippen molar-refractivity contribution >= 4 is 21.8 Å². The second kappa shape index (κ2) is 11.4. The molecule has 0 aromatic heterocycles. The minimum absolute atomic E-state index is 0.0140. The molecule has 0 fully saturated rings. The second-order valence-corrected chi connectivity index (χ2v) is 8.89. The number of carbonyl (C=O) groups excluding carboxylic acids is 2. The molecule has 0 unspecified atom stereocenters. The molecule has 8 nitrogen and oxygen atoms in total. The molecule has 0 spiro atoms. The van der Waals surface area contributed by atoms with E-state index in [0.29, 0.717) is 26.2 Å². The van der Waals surface area contributed by atoms with Crippen molar-refractivity contribution in [3.8, 4) is 0 Å². The predicted octanol–water partition coefficient (Wildman–Crippen LogP) is 1.39. The number of benzene rings is 2. The van der Waals surface area contributed by atoms with Crippen molar-refractivity contribution in [2.45, 2.75) is 17.9 Å². The van der Waals surface area contributed by atoms with Gasteiger partial charge in [-0.3, -0.25) is 9.59 Å². The quantitative estimate of drug-likeness (QED) is 0.521. The van der Waals surface area contributed by atoms with Crippen LogP contribution in [0, 0.1) is 0 Å². The molecule has 2 N–H and O–H groups in total. The number of nitrogens with zero attached hydrogens (tertiary/aromatic N) is 1. The van der Waals surface area contributed by atoms with Gasteiger partial charge in [-0.2, -0.15) is 0 Å². The van der Waals surface area contributed by atoms with E-state index in [1.807, 2.05) is 30.3 Å². The van der Waals surface area contributed by atoms with E-state index in [-0.39, 0.29) is 22.9 Å². The fourth-order valence-corrected chi connectivity index (χ4v) is 3.45. The zero-order chi connectivity index (χ0) is 22.0. The smallest absolute Gasteiger partial charge is 0.251 e.